The Kier molecular flexibility index (Phi) is 6.58. The number of hydrogen-bond acceptors (Lipinski definition) is 9. The SMILES string of the molecule is CN=C/C(=C\N)c1cc(O)c2c(Nc3ccc4ncsc4c3)ncnc2c1.OC1CCC1. The van der Waals surface area contributed by atoms with E-state index >= 15 is 0 Å². The van der Waals surface area contributed by atoms with Gasteiger partial charge in [-0.1, -0.05) is 0 Å². The molecule has 1 aliphatic rings. The minimum Gasteiger partial charge on any atom is -0.507 e. The Bertz CT molecular complexity index is 1300. The van der Waals surface area contributed by atoms with Crippen molar-refractivity contribution in [1.82, 2.24) is 15.0 Å². The van der Waals surface area contributed by atoms with E-state index in [9.17, 15) is 5.11 Å². The number of nitrogens with zero attached hydrogens (tertiary/aromatic N) is 4. The lowest BCUT2D eigenvalue weighted by Crippen LogP contribution is -2.15. The zero-order chi connectivity index (χ0) is 22.5. The molecule has 4 aromatic rings. The van der Waals surface area contributed by atoms with Gasteiger partial charge in [0, 0.05) is 30.7 Å². The van der Waals surface area contributed by atoms with E-state index in [4.69, 9.17) is 10.8 Å². The number of aromatic nitrogens is 3. The monoisotopic (exact) mass is 448 g/mol. The number of aliphatic hydroxyl groups is 1. The maximum atomic E-state index is 10.6. The van der Waals surface area contributed by atoms with E-state index < -0.39 is 0 Å². The summed E-state index contributed by atoms with van der Waals surface area (Å²) in [5.74, 6) is 0.587. The Hall–Kier alpha value is -3.56. The van der Waals surface area contributed by atoms with Crippen LogP contribution in [0.5, 0.6) is 5.75 Å². The van der Waals surface area contributed by atoms with Gasteiger partial charge in [0.2, 0.25) is 0 Å². The molecule has 9 heteroatoms. The van der Waals surface area contributed by atoms with E-state index in [0.717, 1.165) is 34.3 Å². The van der Waals surface area contributed by atoms with Crippen molar-refractivity contribution in [2.45, 2.75) is 25.4 Å². The van der Waals surface area contributed by atoms with Gasteiger partial charge in [0.15, 0.2) is 0 Å². The zero-order valence-corrected chi connectivity index (χ0v) is 18.4. The minimum atomic E-state index is 0.0633. The first-order chi connectivity index (χ1) is 15.6. The van der Waals surface area contributed by atoms with Crippen LogP contribution in [-0.2, 0) is 0 Å². The Morgan fingerprint density at radius 3 is 2.69 bits per heavy atom. The van der Waals surface area contributed by atoms with Gasteiger partial charge in [0.25, 0.3) is 0 Å². The number of phenols is 1. The summed E-state index contributed by atoms with van der Waals surface area (Å²) in [6.07, 6.45) is 7.92. The predicted octanol–water partition coefficient (Wildman–Crippen LogP) is 4.22. The quantitative estimate of drug-likeness (QED) is 0.344. The Morgan fingerprint density at radius 2 is 2.00 bits per heavy atom. The molecular formula is C23H24N6O2S. The normalized spacial score (nSPS) is 14.4. The Labute approximate surface area is 189 Å². The summed E-state index contributed by atoms with van der Waals surface area (Å²) in [6.45, 7) is 0. The maximum absolute atomic E-state index is 10.6. The summed E-state index contributed by atoms with van der Waals surface area (Å²) in [5, 5.41) is 22.9. The molecule has 0 spiro atoms. The van der Waals surface area contributed by atoms with Crippen molar-refractivity contribution in [3.8, 4) is 5.75 Å². The van der Waals surface area contributed by atoms with Gasteiger partial charge >= 0.3 is 0 Å². The van der Waals surface area contributed by atoms with Gasteiger partial charge < -0.3 is 21.3 Å². The van der Waals surface area contributed by atoms with Gasteiger partial charge in [-0.25, -0.2) is 15.0 Å². The molecule has 164 valence electrons. The lowest BCUT2D eigenvalue weighted by molar-refractivity contribution is 0.0950. The summed E-state index contributed by atoms with van der Waals surface area (Å²) in [5.41, 5.74) is 11.3. The number of allylic oxidation sites excluding steroid dienone is 1. The van der Waals surface area contributed by atoms with Gasteiger partial charge in [-0.05, 0) is 55.2 Å². The number of aliphatic hydroxyl groups excluding tert-OH is 1. The average molecular weight is 449 g/mol. The third kappa shape index (κ3) is 4.68. The molecule has 0 saturated heterocycles. The second-order valence-electron chi connectivity index (χ2n) is 7.37. The molecule has 1 saturated carbocycles. The summed E-state index contributed by atoms with van der Waals surface area (Å²) in [6, 6.07) is 9.34. The Balaban J connectivity index is 0.000000433. The highest BCUT2D eigenvalue weighted by Gasteiger charge is 2.13. The van der Waals surface area contributed by atoms with Crippen molar-refractivity contribution in [3.63, 3.8) is 0 Å². The molecule has 0 amide bonds. The number of rotatable bonds is 4. The van der Waals surface area contributed by atoms with Crippen LogP contribution in [-0.4, -0.2) is 44.5 Å². The number of aromatic hydroxyl groups is 1. The molecule has 5 N–H and O–H groups in total. The van der Waals surface area contributed by atoms with Gasteiger partial charge in [-0.2, -0.15) is 0 Å². The summed E-state index contributed by atoms with van der Waals surface area (Å²) >= 11 is 1.57. The molecule has 1 aliphatic carbocycles. The van der Waals surface area contributed by atoms with Crippen LogP contribution in [0.2, 0.25) is 0 Å². The molecule has 5 rings (SSSR count). The number of benzene rings is 2. The van der Waals surface area contributed by atoms with E-state index in [1.807, 2.05) is 29.8 Å². The fourth-order valence-electron chi connectivity index (χ4n) is 3.24. The molecule has 0 unspecified atom stereocenters. The topological polar surface area (TPSA) is 130 Å². The van der Waals surface area contributed by atoms with Crippen molar-refractivity contribution < 1.29 is 10.2 Å². The number of nitrogens with one attached hydrogen (secondary N) is 1. The first-order valence-electron chi connectivity index (χ1n) is 10.2. The number of phenolic OH excluding ortho intramolecular Hbond substituents is 1. The van der Waals surface area contributed by atoms with Crippen LogP contribution in [0.3, 0.4) is 0 Å². The molecule has 2 aromatic carbocycles. The van der Waals surface area contributed by atoms with Gasteiger partial charge in [0.05, 0.1) is 32.7 Å². The van der Waals surface area contributed by atoms with Crippen molar-refractivity contribution >= 4 is 55.7 Å². The number of aliphatic imine (C=N–C) groups is 1. The van der Waals surface area contributed by atoms with Crippen LogP contribution in [0.4, 0.5) is 11.5 Å². The largest absolute Gasteiger partial charge is 0.507 e. The number of hydrogen-bond donors (Lipinski definition) is 4. The minimum absolute atomic E-state index is 0.0633. The predicted molar refractivity (Wildman–Crippen MR) is 131 cm³/mol. The van der Waals surface area contributed by atoms with E-state index in [1.165, 1.54) is 18.9 Å². The molecular weight excluding hydrogens is 424 g/mol. The third-order valence-corrected chi connectivity index (χ3v) is 5.96. The molecule has 0 radical (unpaired) electrons. The number of fused-ring (bicyclic) bond motifs is 2. The molecule has 1 fully saturated rings. The second kappa shape index (κ2) is 9.71. The van der Waals surface area contributed by atoms with Crippen LogP contribution >= 0.6 is 11.3 Å². The number of anilines is 2. The highest BCUT2D eigenvalue weighted by atomic mass is 32.1. The van der Waals surface area contributed by atoms with Crippen molar-refractivity contribution in [2.24, 2.45) is 10.7 Å². The van der Waals surface area contributed by atoms with Crippen molar-refractivity contribution in [3.05, 3.63) is 53.9 Å². The molecule has 32 heavy (non-hydrogen) atoms. The molecule has 0 aliphatic heterocycles. The van der Waals surface area contributed by atoms with Crippen LogP contribution in [0.1, 0.15) is 24.8 Å². The summed E-state index contributed by atoms with van der Waals surface area (Å²) < 4.78 is 1.07. The lowest BCUT2D eigenvalue weighted by atomic mass is 9.97. The van der Waals surface area contributed by atoms with E-state index in [0.29, 0.717) is 22.3 Å². The standard InChI is InChI=1S/C19H16N6OS.C4H8O/c1-21-8-12(7-20)11-4-15-18(16(26)5-11)19(23-9-22-15)25-13-2-3-14-17(6-13)27-10-24-14;5-4-2-1-3-4/h2-10,26H,20H2,1H3,(H,22,23,25);4-5H,1-3H2/b12-7+,21-8?;. The first-order valence-corrected chi connectivity index (χ1v) is 11.1. The second-order valence-corrected chi connectivity index (χ2v) is 8.25. The van der Waals surface area contributed by atoms with E-state index in [2.05, 4.69) is 25.3 Å². The van der Waals surface area contributed by atoms with Crippen LogP contribution < -0.4 is 11.1 Å². The molecule has 8 nitrogen and oxygen atoms in total. The highest BCUT2D eigenvalue weighted by molar-refractivity contribution is 7.16. The fraction of sp³-hybridized carbons (Fsp3) is 0.217. The molecule has 2 heterocycles. The lowest BCUT2D eigenvalue weighted by Gasteiger charge is -2.17. The fourth-order valence-corrected chi connectivity index (χ4v) is 3.96. The third-order valence-electron chi connectivity index (χ3n) is 5.17. The molecule has 2 aromatic heterocycles. The maximum Gasteiger partial charge on any atom is 0.145 e. The highest BCUT2D eigenvalue weighted by Crippen LogP contribution is 2.34. The van der Waals surface area contributed by atoms with E-state index in [1.54, 1.807) is 30.7 Å². The van der Waals surface area contributed by atoms with Gasteiger partial charge in [-0.3, -0.25) is 4.99 Å². The zero-order valence-electron chi connectivity index (χ0n) is 17.6. The van der Waals surface area contributed by atoms with Crippen LogP contribution in [0, 0.1) is 0 Å². The smallest absolute Gasteiger partial charge is 0.145 e. The summed E-state index contributed by atoms with van der Waals surface area (Å²) in [7, 11) is 1.66. The Morgan fingerprint density at radius 1 is 1.19 bits per heavy atom. The van der Waals surface area contributed by atoms with Gasteiger partial charge in [0.1, 0.15) is 17.9 Å². The van der Waals surface area contributed by atoms with E-state index in [-0.39, 0.29) is 11.9 Å². The average Bonchev–Trinajstić information content (AvgIpc) is 3.24. The first kappa shape index (κ1) is 21.7. The molecule has 0 bridgehead atoms. The van der Waals surface area contributed by atoms with Crippen LogP contribution in [0.15, 0.2) is 53.4 Å². The van der Waals surface area contributed by atoms with Crippen LogP contribution in [0.25, 0.3) is 26.7 Å². The van der Waals surface area contributed by atoms with Gasteiger partial charge in [-0.15, -0.1) is 11.3 Å². The number of nitrogens with two attached hydrogens (primary N) is 1. The summed E-state index contributed by atoms with van der Waals surface area (Å²) in [4.78, 5) is 16.9. The van der Waals surface area contributed by atoms with Crippen molar-refractivity contribution in [1.29, 1.82) is 0 Å². The molecule has 0 atom stereocenters. The number of thiazole rings is 1. The van der Waals surface area contributed by atoms with Crippen molar-refractivity contribution in [2.75, 3.05) is 12.4 Å².